The molecular weight excluding hydrogens is 216 g/mol. The topological polar surface area (TPSA) is 49.6 Å². The van der Waals surface area contributed by atoms with Crippen LogP contribution < -0.4 is 5.32 Å². The van der Waals surface area contributed by atoms with Crippen molar-refractivity contribution >= 4 is 11.4 Å². The molecule has 0 radical (unpaired) electrons. The highest BCUT2D eigenvalue weighted by Crippen LogP contribution is 2.13. The Morgan fingerprint density at radius 3 is 2.94 bits per heavy atom. The fraction of sp³-hybridized carbons (Fsp3) is 0.333. The summed E-state index contributed by atoms with van der Waals surface area (Å²) in [7, 11) is 0. The van der Waals surface area contributed by atoms with Crippen molar-refractivity contribution in [2.45, 2.75) is 0 Å². The summed E-state index contributed by atoms with van der Waals surface area (Å²) in [6.45, 7) is 3.27. The number of aromatic nitrogens is 2. The van der Waals surface area contributed by atoms with Crippen LogP contribution in [-0.4, -0.2) is 46.6 Å². The maximum Gasteiger partial charge on any atom is 0.257 e. The number of amides is 1. The number of piperazine rings is 1. The molecule has 1 N–H and O–H groups in total. The van der Waals surface area contributed by atoms with Crippen LogP contribution in [0.25, 0.3) is 5.52 Å². The molecule has 2 aromatic rings. The largest absolute Gasteiger partial charge is 0.336 e. The van der Waals surface area contributed by atoms with Crippen LogP contribution in [0.4, 0.5) is 0 Å². The molecule has 3 heterocycles. The maximum atomic E-state index is 12.3. The van der Waals surface area contributed by atoms with E-state index in [1.807, 2.05) is 29.3 Å². The van der Waals surface area contributed by atoms with Gasteiger partial charge in [-0.3, -0.25) is 4.79 Å². The Hall–Kier alpha value is -1.88. The van der Waals surface area contributed by atoms with Gasteiger partial charge in [-0.25, -0.2) is 4.52 Å². The lowest BCUT2D eigenvalue weighted by Gasteiger charge is -2.27. The van der Waals surface area contributed by atoms with Gasteiger partial charge < -0.3 is 10.2 Å². The first-order valence-corrected chi connectivity index (χ1v) is 5.78. The van der Waals surface area contributed by atoms with Crippen LogP contribution in [0.15, 0.2) is 30.6 Å². The van der Waals surface area contributed by atoms with E-state index in [2.05, 4.69) is 10.4 Å². The number of pyridine rings is 1. The van der Waals surface area contributed by atoms with E-state index in [1.165, 1.54) is 0 Å². The van der Waals surface area contributed by atoms with E-state index in [4.69, 9.17) is 0 Å². The molecule has 0 unspecified atom stereocenters. The van der Waals surface area contributed by atoms with Crippen LogP contribution in [-0.2, 0) is 0 Å². The summed E-state index contributed by atoms with van der Waals surface area (Å²) in [4.78, 5) is 14.2. The molecule has 5 nitrogen and oxygen atoms in total. The molecule has 0 bridgehead atoms. The Morgan fingerprint density at radius 2 is 2.12 bits per heavy atom. The van der Waals surface area contributed by atoms with Crippen LogP contribution in [0.1, 0.15) is 10.4 Å². The Bertz CT molecular complexity index is 542. The van der Waals surface area contributed by atoms with Crippen molar-refractivity contribution < 1.29 is 4.79 Å². The summed E-state index contributed by atoms with van der Waals surface area (Å²) in [6.07, 6.45) is 3.50. The van der Waals surface area contributed by atoms with Gasteiger partial charge >= 0.3 is 0 Å². The number of nitrogens with zero attached hydrogens (tertiary/aromatic N) is 3. The van der Waals surface area contributed by atoms with Gasteiger partial charge in [0.05, 0.1) is 17.3 Å². The first kappa shape index (κ1) is 10.3. The summed E-state index contributed by atoms with van der Waals surface area (Å²) in [5, 5.41) is 7.43. The lowest BCUT2D eigenvalue weighted by atomic mass is 10.2. The zero-order chi connectivity index (χ0) is 11.7. The van der Waals surface area contributed by atoms with Crippen molar-refractivity contribution in [3.05, 3.63) is 36.2 Å². The average Bonchev–Trinajstić information content (AvgIpc) is 2.83. The van der Waals surface area contributed by atoms with Gasteiger partial charge in [0.15, 0.2) is 0 Å². The number of hydrogen-bond donors (Lipinski definition) is 1. The lowest BCUT2D eigenvalue weighted by Crippen LogP contribution is -2.46. The van der Waals surface area contributed by atoms with E-state index in [-0.39, 0.29) is 5.91 Å². The highest BCUT2D eigenvalue weighted by atomic mass is 16.2. The van der Waals surface area contributed by atoms with E-state index < -0.39 is 0 Å². The summed E-state index contributed by atoms with van der Waals surface area (Å²) >= 11 is 0. The number of nitrogens with one attached hydrogen (secondary N) is 1. The fourth-order valence-corrected chi connectivity index (χ4v) is 2.14. The van der Waals surface area contributed by atoms with E-state index >= 15 is 0 Å². The molecular formula is C12H14N4O. The highest BCUT2D eigenvalue weighted by molar-refractivity contribution is 6.00. The number of fused-ring (bicyclic) bond motifs is 1. The smallest absolute Gasteiger partial charge is 0.257 e. The summed E-state index contributed by atoms with van der Waals surface area (Å²) < 4.78 is 1.73. The van der Waals surface area contributed by atoms with Crippen molar-refractivity contribution in [1.29, 1.82) is 0 Å². The van der Waals surface area contributed by atoms with Crippen molar-refractivity contribution in [2.24, 2.45) is 0 Å². The number of carbonyl (C=O) groups is 1. The van der Waals surface area contributed by atoms with E-state index in [9.17, 15) is 4.79 Å². The Morgan fingerprint density at radius 1 is 1.29 bits per heavy atom. The molecule has 88 valence electrons. The fourth-order valence-electron chi connectivity index (χ4n) is 2.14. The summed E-state index contributed by atoms with van der Waals surface area (Å²) in [6, 6.07) is 5.74. The Balaban J connectivity index is 1.95. The van der Waals surface area contributed by atoms with Gasteiger partial charge in [0.2, 0.25) is 0 Å². The van der Waals surface area contributed by atoms with Crippen LogP contribution >= 0.6 is 0 Å². The van der Waals surface area contributed by atoms with Gasteiger partial charge in [0, 0.05) is 32.4 Å². The quantitative estimate of drug-likeness (QED) is 0.770. The second-order valence-corrected chi connectivity index (χ2v) is 4.13. The molecule has 0 spiro atoms. The van der Waals surface area contributed by atoms with Gasteiger partial charge in [-0.2, -0.15) is 5.10 Å². The molecule has 0 atom stereocenters. The molecule has 1 aliphatic rings. The van der Waals surface area contributed by atoms with Crippen molar-refractivity contribution in [3.63, 3.8) is 0 Å². The molecule has 0 aliphatic carbocycles. The van der Waals surface area contributed by atoms with Gasteiger partial charge in [-0.15, -0.1) is 0 Å². The van der Waals surface area contributed by atoms with E-state index in [0.29, 0.717) is 5.56 Å². The monoisotopic (exact) mass is 230 g/mol. The van der Waals surface area contributed by atoms with Crippen molar-refractivity contribution in [2.75, 3.05) is 26.2 Å². The molecule has 1 amide bonds. The molecule has 17 heavy (non-hydrogen) atoms. The first-order chi connectivity index (χ1) is 8.36. The third-order valence-electron chi connectivity index (χ3n) is 3.06. The lowest BCUT2D eigenvalue weighted by molar-refractivity contribution is 0.0738. The molecule has 2 aromatic heterocycles. The predicted octanol–water partition coefficient (Wildman–Crippen LogP) is 0.380. The second kappa shape index (κ2) is 4.18. The zero-order valence-corrected chi connectivity index (χ0v) is 9.47. The van der Waals surface area contributed by atoms with Crippen molar-refractivity contribution in [1.82, 2.24) is 19.8 Å². The standard InChI is InChI=1S/C12H14N4O/c17-12(15-7-4-13-5-8-15)10-9-14-16-6-2-1-3-11(10)16/h1-3,6,9,13H,4-5,7-8H2. The van der Waals surface area contributed by atoms with Crippen LogP contribution in [0, 0.1) is 0 Å². The Kier molecular flexibility index (Phi) is 2.53. The zero-order valence-electron chi connectivity index (χ0n) is 9.47. The molecule has 1 saturated heterocycles. The first-order valence-electron chi connectivity index (χ1n) is 5.78. The third-order valence-corrected chi connectivity index (χ3v) is 3.06. The third kappa shape index (κ3) is 1.78. The number of carbonyl (C=O) groups excluding carboxylic acids is 1. The maximum absolute atomic E-state index is 12.3. The summed E-state index contributed by atoms with van der Waals surface area (Å²) in [5.41, 5.74) is 1.56. The Labute approximate surface area is 99.0 Å². The molecule has 5 heteroatoms. The highest BCUT2D eigenvalue weighted by Gasteiger charge is 2.20. The van der Waals surface area contributed by atoms with E-state index in [0.717, 1.165) is 31.7 Å². The van der Waals surface area contributed by atoms with Crippen molar-refractivity contribution in [3.8, 4) is 0 Å². The molecule has 1 fully saturated rings. The number of hydrogen-bond acceptors (Lipinski definition) is 3. The van der Waals surface area contributed by atoms with Crippen LogP contribution in [0.3, 0.4) is 0 Å². The number of rotatable bonds is 1. The average molecular weight is 230 g/mol. The van der Waals surface area contributed by atoms with E-state index in [1.54, 1.807) is 10.7 Å². The minimum atomic E-state index is 0.0766. The SMILES string of the molecule is O=C(c1cnn2ccccc12)N1CCNCC1. The van der Waals surface area contributed by atoms with Crippen LogP contribution in [0.2, 0.25) is 0 Å². The van der Waals surface area contributed by atoms with Gasteiger partial charge in [0.25, 0.3) is 5.91 Å². The molecule has 0 saturated carbocycles. The van der Waals surface area contributed by atoms with Gasteiger partial charge in [0.1, 0.15) is 0 Å². The minimum Gasteiger partial charge on any atom is -0.336 e. The minimum absolute atomic E-state index is 0.0766. The molecule has 0 aromatic carbocycles. The molecule has 1 aliphatic heterocycles. The summed E-state index contributed by atoms with van der Waals surface area (Å²) in [5.74, 6) is 0.0766. The van der Waals surface area contributed by atoms with Crippen LogP contribution in [0.5, 0.6) is 0 Å². The predicted molar refractivity (Wildman–Crippen MR) is 64.0 cm³/mol. The van der Waals surface area contributed by atoms with Gasteiger partial charge in [-0.05, 0) is 12.1 Å². The van der Waals surface area contributed by atoms with Gasteiger partial charge in [-0.1, -0.05) is 6.07 Å². The second-order valence-electron chi connectivity index (χ2n) is 4.13. The molecule has 3 rings (SSSR count). The normalized spacial score (nSPS) is 16.4.